The van der Waals surface area contributed by atoms with Gasteiger partial charge in [-0.15, -0.1) is 6.58 Å². The van der Waals surface area contributed by atoms with Crippen molar-refractivity contribution < 1.29 is 4.74 Å². The molecule has 0 aliphatic heterocycles. The van der Waals surface area contributed by atoms with Crippen molar-refractivity contribution in [2.24, 2.45) is 29.6 Å². The third kappa shape index (κ3) is 8.47. The van der Waals surface area contributed by atoms with Gasteiger partial charge in [0.2, 0.25) is 0 Å². The third-order valence-electron chi connectivity index (χ3n) is 9.60. The monoisotopic (exact) mass is 488 g/mol. The topological polar surface area (TPSA) is 9.23 Å². The van der Waals surface area contributed by atoms with Gasteiger partial charge in [-0.1, -0.05) is 54.6 Å². The van der Waals surface area contributed by atoms with Crippen LogP contribution in [0.15, 0.2) is 61.2 Å². The molecule has 3 saturated carbocycles. The summed E-state index contributed by atoms with van der Waals surface area (Å²) in [6, 6.07) is 9.29. The highest BCUT2D eigenvalue weighted by Crippen LogP contribution is 2.44. The number of rotatable bonds is 11. The summed E-state index contributed by atoms with van der Waals surface area (Å²) < 4.78 is 5.55. The van der Waals surface area contributed by atoms with Crippen LogP contribution in [0.5, 0.6) is 0 Å². The zero-order valence-corrected chi connectivity index (χ0v) is 23.1. The molecule has 0 unspecified atom stereocenters. The van der Waals surface area contributed by atoms with Gasteiger partial charge in [0, 0.05) is 6.61 Å². The zero-order valence-electron chi connectivity index (χ0n) is 23.1. The first-order chi connectivity index (χ1) is 17.7. The second-order valence-electron chi connectivity index (χ2n) is 12.0. The van der Waals surface area contributed by atoms with Crippen LogP contribution in [0.25, 0.3) is 0 Å². The maximum absolute atomic E-state index is 5.55. The van der Waals surface area contributed by atoms with Gasteiger partial charge in [0.1, 0.15) is 0 Å². The van der Waals surface area contributed by atoms with Gasteiger partial charge in [0.05, 0.1) is 6.61 Å². The van der Waals surface area contributed by atoms with Gasteiger partial charge in [-0.3, -0.25) is 0 Å². The van der Waals surface area contributed by atoms with Gasteiger partial charge in [0.15, 0.2) is 0 Å². The van der Waals surface area contributed by atoms with Crippen molar-refractivity contribution in [1.29, 1.82) is 0 Å². The summed E-state index contributed by atoms with van der Waals surface area (Å²) in [7, 11) is 0. The fraction of sp³-hybridized carbons (Fsp3) is 0.657. The summed E-state index contributed by atoms with van der Waals surface area (Å²) in [6.45, 7) is 7.42. The maximum Gasteiger partial charge on any atom is 0.0716 e. The van der Waals surface area contributed by atoms with E-state index in [0.717, 1.165) is 61.6 Å². The second kappa shape index (κ2) is 15.0. The molecular weight excluding hydrogens is 436 g/mol. The normalized spacial score (nSPS) is 31.7. The summed E-state index contributed by atoms with van der Waals surface area (Å²) in [6.07, 6.45) is 31.4. The molecule has 0 heterocycles. The van der Waals surface area contributed by atoms with Gasteiger partial charge in [-0.25, -0.2) is 0 Å². The van der Waals surface area contributed by atoms with E-state index >= 15 is 0 Å². The number of benzene rings is 1. The second-order valence-corrected chi connectivity index (χ2v) is 12.0. The molecule has 1 aromatic carbocycles. The van der Waals surface area contributed by atoms with Crippen molar-refractivity contribution in [3.8, 4) is 0 Å². The highest BCUT2D eigenvalue weighted by Gasteiger charge is 2.31. The first-order valence-corrected chi connectivity index (χ1v) is 15.4. The molecule has 4 rings (SSSR count). The van der Waals surface area contributed by atoms with Crippen LogP contribution in [0.2, 0.25) is 0 Å². The number of allylic oxidation sites excluding steroid dienone is 5. The molecule has 1 nitrogen and oxygen atoms in total. The minimum Gasteiger partial charge on any atom is -0.377 e. The minimum atomic E-state index is 0.747. The maximum atomic E-state index is 5.55. The molecule has 0 spiro atoms. The lowest BCUT2D eigenvalue weighted by atomic mass is 9.68. The van der Waals surface area contributed by atoms with Gasteiger partial charge < -0.3 is 4.74 Å². The van der Waals surface area contributed by atoms with Crippen LogP contribution in [0.4, 0.5) is 0 Å². The van der Waals surface area contributed by atoms with Crippen LogP contribution >= 0.6 is 0 Å². The predicted molar refractivity (Wildman–Crippen MR) is 155 cm³/mol. The van der Waals surface area contributed by atoms with Gasteiger partial charge in [-0.2, -0.15) is 0 Å². The number of hydrogen-bond acceptors (Lipinski definition) is 1. The van der Waals surface area contributed by atoms with Crippen molar-refractivity contribution in [2.75, 3.05) is 6.61 Å². The van der Waals surface area contributed by atoms with Crippen LogP contribution < -0.4 is 0 Å². The minimum absolute atomic E-state index is 0.747. The van der Waals surface area contributed by atoms with E-state index in [4.69, 9.17) is 4.74 Å². The highest BCUT2D eigenvalue weighted by molar-refractivity contribution is 5.25. The van der Waals surface area contributed by atoms with Crippen LogP contribution in [0, 0.1) is 29.6 Å². The van der Waals surface area contributed by atoms with Crippen LogP contribution in [-0.4, -0.2) is 6.61 Å². The van der Waals surface area contributed by atoms with Crippen molar-refractivity contribution in [3.05, 3.63) is 72.4 Å². The molecule has 3 fully saturated rings. The number of unbranched alkanes of at least 4 members (excludes halogenated alkanes) is 1. The average molecular weight is 489 g/mol. The van der Waals surface area contributed by atoms with Gasteiger partial charge in [-0.05, 0) is 143 Å². The number of ether oxygens (including phenoxy) is 1. The Balaban J connectivity index is 1.12. The van der Waals surface area contributed by atoms with E-state index in [9.17, 15) is 0 Å². The quantitative estimate of drug-likeness (QED) is 0.222. The predicted octanol–water partition coefficient (Wildman–Crippen LogP) is 10.2. The highest BCUT2D eigenvalue weighted by atomic mass is 16.5. The van der Waals surface area contributed by atoms with E-state index in [0.29, 0.717) is 0 Å². The molecule has 0 amide bonds. The Kier molecular flexibility index (Phi) is 11.4. The summed E-state index contributed by atoms with van der Waals surface area (Å²) >= 11 is 0. The Morgan fingerprint density at radius 2 is 1.22 bits per heavy atom. The van der Waals surface area contributed by atoms with Crippen LogP contribution in [0.1, 0.15) is 114 Å². The van der Waals surface area contributed by atoms with Crippen molar-refractivity contribution >= 4 is 0 Å². The molecule has 0 bridgehead atoms. The Bertz CT molecular complexity index is 794. The summed E-state index contributed by atoms with van der Waals surface area (Å²) in [5.74, 6) is 5.27. The van der Waals surface area contributed by atoms with Crippen molar-refractivity contribution in [1.82, 2.24) is 0 Å². The van der Waals surface area contributed by atoms with Crippen LogP contribution in [0.3, 0.4) is 0 Å². The van der Waals surface area contributed by atoms with E-state index in [1.807, 2.05) is 6.08 Å². The fourth-order valence-electron chi connectivity index (χ4n) is 7.19. The molecule has 0 saturated heterocycles. The Labute approximate surface area is 222 Å². The standard InChI is InChI=1S/C35H52O/c1-3-5-6-7-8-28-9-11-29(12-10-28)13-14-30-15-19-32(20-16-30)34-23-25-35(26-24-34)33-21-17-31(18-22-33)27-36-4-2/h3,7-8,13-14,17-18,21-22,28-30,32,34-35H,1,4-6,9-12,15-16,19-20,23-27H2,2H3. The molecule has 0 radical (unpaired) electrons. The molecule has 0 atom stereocenters. The first-order valence-electron chi connectivity index (χ1n) is 15.4. The smallest absolute Gasteiger partial charge is 0.0716 e. The Morgan fingerprint density at radius 1 is 0.694 bits per heavy atom. The Hall–Kier alpha value is -1.60. The molecule has 3 aliphatic carbocycles. The summed E-state index contributed by atoms with van der Waals surface area (Å²) in [4.78, 5) is 0. The molecule has 0 aromatic heterocycles. The van der Waals surface area contributed by atoms with Crippen molar-refractivity contribution in [3.63, 3.8) is 0 Å². The van der Waals surface area contributed by atoms with Crippen LogP contribution in [-0.2, 0) is 11.3 Å². The molecule has 1 heteroatoms. The summed E-state index contributed by atoms with van der Waals surface area (Å²) in [5, 5.41) is 0. The third-order valence-corrected chi connectivity index (χ3v) is 9.60. The van der Waals surface area contributed by atoms with Crippen molar-refractivity contribution in [2.45, 2.75) is 109 Å². The van der Waals surface area contributed by atoms with E-state index in [1.54, 1.807) is 5.56 Å². The lowest BCUT2D eigenvalue weighted by molar-refractivity contribution is 0.134. The number of hydrogen-bond donors (Lipinski definition) is 0. The lowest BCUT2D eigenvalue weighted by Crippen LogP contribution is -2.25. The van der Waals surface area contributed by atoms with Gasteiger partial charge >= 0.3 is 0 Å². The zero-order chi connectivity index (χ0) is 25.0. The fourth-order valence-corrected chi connectivity index (χ4v) is 7.19. The van der Waals surface area contributed by atoms with E-state index in [1.165, 1.54) is 82.6 Å². The van der Waals surface area contributed by atoms with E-state index < -0.39 is 0 Å². The lowest BCUT2D eigenvalue weighted by Gasteiger charge is -2.37. The van der Waals surface area contributed by atoms with Gasteiger partial charge in [0.25, 0.3) is 0 Å². The largest absolute Gasteiger partial charge is 0.377 e. The first kappa shape index (κ1) is 27.4. The SMILES string of the molecule is C=CCCC=CC1CCC(C=CC2CCC(C3CCC(c4ccc(COCC)cc4)CC3)CC2)CC1. The Morgan fingerprint density at radius 3 is 1.78 bits per heavy atom. The summed E-state index contributed by atoms with van der Waals surface area (Å²) in [5.41, 5.74) is 2.86. The van der Waals surface area contributed by atoms with E-state index in [2.05, 4.69) is 62.1 Å². The molecule has 198 valence electrons. The molecular formula is C35H52O. The molecule has 36 heavy (non-hydrogen) atoms. The average Bonchev–Trinajstić information content (AvgIpc) is 2.94. The molecule has 0 N–H and O–H groups in total. The molecule has 1 aromatic rings. The molecule has 3 aliphatic rings. The van der Waals surface area contributed by atoms with E-state index in [-0.39, 0.29) is 0 Å².